The highest BCUT2D eigenvalue weighted by Crippen LogP contribution is 2.33. The largest absolute Gasteiger partial charge is 0.397 e. The highest BCUT2D eigenvalue weighted by Gasteiger charge is 2.24. The Morgan fingerprint density at radius 3 is 2.67 bits per heavy atom. The summed E-state index contributed by atoms with van der Waals surface area (Å²) in [6, 6.07) is 7.32. The summed E-state index contributed by atoms with van der Waals surface area (Å²) in [5.74, 6) is -0.000853. The van der Waals surface area contributed by atoms with Gasteiger partial charge in [-0.15, -0.1) is 0 Å². The van der Waals surface area contributed by atoms with Gasteiger partial charge in [0.15, 0.2) is 11.5 Å². The van der Waals surface area contributed by atoms with Crippen LogP contribution < -0.4 is 11.1 Å². The predicted octanol–water partition coefficient (Wildman–Crippen LogP) is 3.57. The van der Waals surface area contributed by atoms with E-state index in [9.17, 15) is 0 Å². The standard InChI is InChI=1S/C23H16FN9/c24-19-15(13-7-14(25)9-27-8-13)10-29-22-18(19)21(32-33-22)23-30-11-16-17(31-23)3-6-28-20(16)12-1-4-26-5-2-12/h1-10H,11,25H2,(H,30,31)(H,29,32,33). The van der Waals surface area contributed by atoms with Crippen LogP contribution in [0.2, 0.25) is 0 Å². The summed E-state index contributed by atoms with van der Waals surface area (Å²) in [6.45, 7) is 0.373. The number of nitrogens with two attached hydrogens (primary N) is 1. The molecule has 160 valence electrons. The van der Waals surface area contributed by atoms with Crippen molar-refractivity contribution in [3.8, 4) is 22.4 Å². The Kier molecular flexibility index (Phi) is 4.29. The molecular weight excluding hydrogens is 421 g/mol. The van der Waals surface area contributed by atoms with E-state index in [-0.39, 0.29) is 16.6 Å². The van der Waals surface area contributed by atoms with Gasteiger partial charge in [0.05, 0.1) is 23.3 Å². The first-order valence-corrected chi connectivity index (χ1v) is 10.1. The molecule has 6 heterocycles. The van der Waals surface area contributed by atoms with E-state index in [2.05, 4.69) is 40.4 Å². The molecule has 0 bridgehead atoms. The number of aliphatic imine (C=N–C) groups is 1. The van der Waals surface area contributed by atoms with E-state index in [1.807, 2.05) is 18.2 Å². The third-order valence-corrected chi connectivity index (χ3v) is 5.48. The first kappa shape index (κ1) is 19.0. The number of aromatic nitrogens is 6. The number of hydrogen-bond donors (Lipinski definition) is 3. The molecule has 1 aliphatic heterocycles. The quantitative estimate of drug-likeness (QED) is 0.393. The molecule has 10 heteroatoms. The summed E-state index contributed by atoms with van der Waals surface area (Å²) in [5.41, 5.74) is 11.3. The van der Waals surface area contributed by atoms with Crippen molar-refractivity contribution in [1.82, 2.24) is 30.1 Å². The number of nitrogens with zero attached hydrogens (tertiary/aromatic N) is 6. The SMILES string of the molecule is Nc1cncc(-c2cnc3n[nH]c(C4=NCc5c(ccnc5-c5ccncc5)N4)c3c2F)c1. The van der Waals surface area contributed by atoms with Gasteiger partial charge in [0.25, 0.3) is 0 Å². The normalized spacial score (nSPS) is 12.8. The average molecular weight is 437 g/mol. The van der Waals surface area contributed by atoms with Gasteiger partial charge in [0.1, 0.15) is 11.5 Å². The Bertz CT molecular complexity index is 1540. The van der Waals surface area contributed by atoms with Gasteiger partial charge >= 0.3 is 0 Å². The van der Waals surface area contributed by atoms with Gasteiger partial charge < -0.3 is 11.1 Å². The van der Waals surface area contributed by atoms with E-state index in [1.54, 1.807) is 30.9 Å². The molecule has 9 nitrogen and oxygen atoms in total. The van der Waals surface area contributed by atoms with Crippen LogP contribution in [-0.4, -0.2) is 36.0 Å². The summed E-state index contributed by atoms with van der Waals surface area (Å²) in [6.07, 6.45) is 9.65. The molecule has 0 aromatic carbocycles. The van der Waals surface area contributed by atoms with Crippen molar-refractivity contribution in [3.05, 3.63) is 78.5 Å². The summed E-state index contributed by atoms with van der Waals surface area (Å²) in [4.78, 5) is 21.6. The summed E-state index contributed by atoms with van der Waals surface area (Å²) in [5, 5.41) is 10.6. The summed E-state index contributed by atoms with van der Waals surface area (Å²) in [7, 11) is 0. The zero-order valence-corrected chi connectivity index (χ0v) is 17.1. The van der Waals surface area contributed by atoms with Crippen molar-refractivity contribution in [2.45, 2.75) is 6.54 Å². The van der Waals surface area contributed by atoms with Crippen LogP contribution in [0, 0.1) is 5.82 Å². The minimum Gasteiger partial charge on any atom is -0.397 e. The minimum absolute atomic E-state index is 0.244. The first-order chi connectivity index (χ1) is 16.2. The van der Waals surface area contributed by atoms with E-state index >= 15 is 4.39 Å². The lowest BCUT2D eigenvalue weighted by Crippen LogP contribution is -2.20. The third kappa shape index (κ3) is 3.16. The van der Waals surface area contributed by atoms with Crippen LogP contribution in [0.4, 0.5) is 15.8 Å². The molecule has 5 aromatic heterocycles. The Morgan fingerprint density at radius 1 is 0.939 bits per heavy atom. The van der Waals surface area contributed by atoms with Crippen LogP contribution in [0.3, 0.4) is 0 Å². The lowest BCUT2D eigenvalue weighted by atomic mass is 10.0. The highest BCUT2D eigenvalue weighted by molar-refractivity contribution is 6.15. The number of nitrogens with one attached hydrogen (secondary N) is 2. The zero-order valence-electron chi connectivity index (χ0n) is 17.1. The average Bonchev–Trinajstić information content (AvgIpc) is 3.29. The van der Waals surface area contributed by atoms with E-state index < -0.39 is 5.82 Å². The van der Waals surface area contributed by atoms with Gasteiger partial charge in [0.2, 0.25) is 0 Å². The van der Waals surface area contributed by atoms with E-state index in [1.165, 1.54) is 12.4 Å². The molecule has 0 aliphatic carbocycles. The molecule has 5 aromatic rings. The Morgan fingerprint density at radius 2 is 1.82 bits per heavy atom. The van der Waals surface area contributed by atoms with Crippen LogP contribution in [0.25, 0.3) is 33.4 Å². The molecule has 0 fully saturated rings. The first-order valence-electron chi connectivity index (χ1n) is 10.1. The lowest BCUT2D eigenvalue weighted by Gasteiger charge is -2.20. The van der Waals surface area contributed by atoms with Crippen molar-refractivity contribution in [1.29, 1.82) is 0 Å². The number of aromatic amines is 1. The monoisotopic (exact) mass is 437 g/mol. The number of H-pyrrole nitrogens is 1. The van der Waals surface area contributed by atoms with Crippen LogP contribution in [-0.2, 0) is 6.54 Å². The third-order valence-electron chi connectivity index (χ3n) is 5.48. The molecule has 4 N–H and O–H groups in total. The van der Waals surface area contributed by atoms with Crippen molar-refractivity contribution in [2.24, 2.45) is 4.99 Å². The molecule has 0 spiro atoms. The summed E-state index contributed by atoms with van der Waals surface area (Å²) >= 11 is 0. The van der Waals surface area contributed by atoms with Crippen molar-refractivity contribution in [3.63, 3.8) is 0 Å². The molecular formula is C23H16FN9. The van der Waals surface area contributed by atoms with Gasteiger partial charge in [-0.05, 0) is 24.3 Å². The smallest absolute Gasteiger partial charge is 0.184 e. The number of pyridine rings is 4. The Hall–Kier alpha value is -4.73. The Labute approximate surface area is 186 Å². The molecule has 33 heavy (non-hydrogen) atoms. The second kappa shape index (κ2) is 7.45. The molecule has 6 rings (SSSR count). The van der Waals surface area contributed by atoms with Crippen molar-refractivity contribution in [2.75, 3.05) is 11.1 Å². The van der Waals surface area contributed by atoms with Crippen molar-refractivity contribution >= 4 is 28.2 Å². The summed E-state index contributed by atoms with van der Waals surface area (Å²) < 4.78 is 15.6. The fourth-order valence-electron chi connectivity index (χ4n) is 3.92. The Balaban J connectivity index is 1.43. The van der Waals surface area contributed by atoms with Gasteiger partial charge in [0, 0.05) is 65.1 Å². The number of halogens is 1. The van der Waals surface area contributed by atoms with Gasteiger partial charge in [-0.25, -0.2) is 9.37 Å². The van der Waals surface area contributed by atoms with E-state index in [4.69, 9.17) is 5.73 Å². The second-order valence-electron chi connectivity index (χ2n) is 7.50. The fourth-order valence-corrected chi connectivity index (χ4v) is 3.92. The molecule has 0 saturated heterocycles. The number of anilines is 2. The number of nitrogen functional groups attached to an aromatic ring is 1. The molecule has 1 aliphatic rings. The number of rotatable bonds is 3. The van der Waals surface area contributed by atoms with E-state index in [0.717, 1.165) is 22.5 Å². The van der Waals surface area contributed by atoms with Crippen LogP contribution >= 0.6 is 0 Å². The highest BCUT2D eigenvalue weighted by atomic mass is 19.1. The molecule has 0 atom stereocenters. The topological polar surface area (TPSA) is 131 Å². The van der Waals surface area contributed by atoms with Crippen molar-refractivity contribution < 1.29 is 4.39 Å². The molecule has 0 unspecified atom stereocenters. The minimum atomic E-state index is -0.473. The number of fused-ring (bicyclic) bond motifs is 2. The van der Waals surface area contributed by atoms with Gasteiger partial charge in [-0.1, -0.05) is 0 Å². The van der Waals surface area contributed by atoms with Crippen LogP contribution in [0.5, 0.6) is 0 Å². The molecule has 0 radical (unpaired) electrons. The second-order valence-corrected chi connectivity index (χ2v) is 7.50. The number of hydrogen-bond acceptors (Lipinski definition) is 8. The van der Waals surface area contributed by atoms with Crippen LogP contribution in [0.1, 0.15) is 11.3 Å². The predicted molar refractivity (Wildman–Crippen MR) is 123 cm³/mol. The van der Waals surface area contributed by atoms with E-state index in [0.29, 0.717) is 29.3 Å². The molecule has 0 amide bonds. The fraction of sp³-hybridized carbons (Fsp3) is 0.0435. The lowest BCUT2D eigenvalue weighted by molar-refractivity contribution is 0.642. The molecule has 0 saturated carbocycles. The van der Waals surface area contributed by atoms with Crippen LogP contribution in [0.15, 0.2) is 66.4 Å². The zero-order chi connectivity index (χ0) is 22.4. The maximum absolute atomic E-state index is 15.6. The number of amidine groups is 1. The maximum atomic E-state index is 15.6. The maximum Gasteiger partial charge on any atom is 0.184 e. The van der Waals surface area contributed by atoms with Gasteiger partial charge in [-0.3, -0.25) is 25.0 Å². The van der Waals surface area contributed by atoms with Gasteiger partial charge in [-0.2, -0.15) is 5.10 Å².